The van der Waals surface area contributed by atoms with Crippen LogP contribution in [0, 0.1) is 23.7 Å². The minimum atomic E-state index is -0.796. The van der Waals surface area contributed by atoms with Gasteiger partial charge in [-0.1, -0.05) is 12.2 Å². The first kappa shape index (κ1) is 20.1. The molecule has 4 aliphatic rings. The molecule has 0 radical (unpaired) electrons. The Morgan fingerprint density at radius 3 is 2.35 bits per heavy atom. The Morgan fingerprint density at radius 2 is 1.74 bits per heavy atom. The topological polar surface area (TPSA) is 76.2 Å². The highest BCUT2D eigenvalue weighted by Gasteiger charge is 2.60. The molecule has 5 rings (SSSR count). The number of fused-ring (bicyclic) bond motifs is 5. The maximum atomic E-state index is 13.5. The first-order chi connectivity index (χ1) is 15.0. The van der Waals surface area contributed by atoms with Gasteiger partial charge in [-0.25, -0.2) is 0 Å². The molecule has 31 heavy (non-hydrogen) atoms. The van der Waals surface area contributed by atoms with Gasteiger partial charge in [-0.05, 0) is 50.2 Å². The van der Waals surface area contributed by atoms with Gasteiger partial charge in [-0.2, -0.15) is 0 Å². The van der Waals surface area contributed by atoms with Crippen molar-refractivity contribution in [2.45, 2.75) is 38.3 Å². The fourth-order valence-corrected chi connectivity index (χ4v) is 6.11. The molecule has 1 aromatic rings. The summed E-state index contributed by atoms with van der Waals surface area (Å²) < 4.78 is 10.8. The van der Waals surface area contributed by atoms with Crippen LogP contribution in [0.25, 0.3) is 0 Å². The second-order valence-corrected chi connectivity index (χ2v) is 9.02. The summed E-state index contributed by atoms with van der Waals surface area (Å²) in [5.41, 5.74) is 0.916. The minimum Gasteiger partial charge on any atom is -0.497 e. The summed E-state index contributed by atoms with van der Waals surface area (Å²) in [7, 11) is 3.20. The van der Waals surface area contributed by atoms with Crippen molar-refractivity contribution >= 4 is 17.7 Å². The third kappa shape index (κ3) is 2.89. The quantitative estimate of drug-likeness (QED) is 0.536. The van der Waals surface area contributed by atoms with Gasteiger partial charge in [0.15, 0.2) is 0 Å². The van der Waals surface area contributed by atoms with Crippen LogP contribution in [0.2, 0.25) is 0 Å². The molecular weight excluding hydrogens is 396 g/mol. The number of carbonyl (C=O) groups excluding carboxylic acids is 3. The zero-order valence-electron chi connectivity index (χ0n) is 18.1. The fourth-order valence-electron chi connectivity index (χ4n) is 6.11. The van der Waals surface area contributed by atoms with Gasteiger partial charge in [0.05, 0.1) is 32.1 Å². The molecule has 3 amide bonds. The van der Waals surface area contributed by atoms with Crippen LogP contribution >= 0.6 is 0 Å². The Hall–Kier alpha value is -2.83. The Balaban J connectivity index is 1.39. The van der Waals surface area contributed by atoms with Gasteiger partial charge in [0.1, 0.15) is 17.5 Å². The molecule has 2 aliphatic carbocycles. The highest BCUT2D eigenvalue weighted by Crippen LogP contribution is 2.53. The van der Waals surface area contributed by atoms with Gasteiger partial charge >= 0.3 is 0 Å². The lowest BCUT2D eigenvalue weighted by Crippen LogP contribution is -2.50. The molecule has 0 spiro atoms. The van der Waals surface area contributed by atoms with Crippen LogP contribution in [-0.2, 0) is 14.4 Å². The highest BCUT2D eigenvalue weighted by atomic mass is 16.5. The molecule has 2 bridgehead atoms. The first-order valence-corrected chi connectivity index (χ1v) is 11.0. The number of hydrogen-bond donors (Lipinski definition) is 0. The summed E-state index contributed by atoms with van der Waals surface area (Å²) in [6, 6.07) is 4.66. The number of hydrogen-bond acceptors (Lipinski definition) is 5. The highest BCUT2D eigenvalue weighted by molar-refractivity contribution is 6.09. The summed E-state index contributed by atoms with van der Waals surface area (Å²) in [6.07, 6.45) is 6.69. The number of nitrogens with zero attached hydrogens (tertiary/aromatic N) is 2. The van der Waals surface area contributed by atoms with Crippen LogP contribution in [0.5, 0.6) is 11.5 Å². The Kier molecular flexibility index (Phi) is 4.79. The lowest BCUT2D eigenvalue weighted by molar-refractivity contribution is -0.152. The molecule has 0 N–H and O–H groups in total. The van der Waals surface area contributed by atoms with Crippen LogP contribution in [0.3, 0.4) is 0 Å². The molecule has 3 fully saturated rings. The van der Waals surface area contributed by atoms with E-state index < -0.39 is 6.04 Å². The number of allylic oxidation sites excluding steroid dienone is 2. The molecule has 7 nitrogen and oxygen atoms in total. The second-order valence-electron chi connectivity index (χ2n) is 9.02. The largest absolute Gasteiger partial charge is 0.497 e. The van der Waals surface area contributed by atoms with Gasteiger partial charge in [0.25, 0.3) is 0 Å². The average Bonchev–Trinajstić information content (AvgIpc) is 3.56. The summed E-state index contributed by atoms with van der Waals surface area (Å²) in [5, 5.41) is 0. The van der Waals surface area contributed by atoms with Crippen LogP contribution in [0.15, 0.2) is 30.4 Å². The number of benzene rings is 1. The number of likely N-dealkylation sites (tertiary alicyclic amines) is 2. The van der Waals surface area contributed by atoms with Crippen molar-refractivity contribution in [2.75, 3.05) is 20.8 Å². The number of carbonyl (C=O) groups is 3. The molecule has 6 unspecified atom stereocenters. The summed E-state index contributed by atoms with van der Waals surface area (Å²) >= 11 is 0. The fraction of sp³-hybridized carbons (Fsp3) is 0.542. The van der Waals surface area contributed by atoms with Crippen molar-refractivity contribution in [1.29, 1.82) is 0 Å². The van der Waals surface area contributed by atoms with E-state index in [1.807, 2.05) is 18.2 Å². The molecule has 2 heterocycles. The number of amides is 3. The Bertz CT molecular complexity index is 943. The van der Waals surface area contributed by atoms with Gasteiger partial charge in [-0.15, -0.1) is 0 Å². The van der Waals surface area contributed by atoms with Crippen molar-refractivity contribution in [3.63, 3.8) is 0 Å². The molecule has 164 valence electrons. The molecule has 6 atom stereocenters. The van der Waals surface area contributed by atoms with E-state index in [0.717, 1.165) is 24.8 Å². The molecule has 1 saturated carbocycles. The monoisotopic (exact) mass is 424 g/mol. The molecule has 2 aliphatic heterocycles. The minimum absolute atomic E-state index is 0.141. The predicted molar refractivity (Wildman–Crippen MR) is 112 cm³/mol. The number of imide groups is 1. The van der Waals surface area contributed by atoms with Crippen molar-refractivity contribution in [2.24, 2.45) is 23.7 Å². The van der Waals surface area contributed by atoms with Crippen molar-refractivity contribution in [3.05, 3.63) is 35.9 Å². The van der Waals surface area contributed by atoms with E-state index in [-0.39, 0.29) is 47.4 Å². The van der Waals surface area contributed by atoms with E-state index in [4.69, 9.17) is 9.47 Å². The van der Waals surface area contributed by atoms with E-state index in [2.05, 4.69) is 12.2 Å². The van der Waals surface area contributed by atoms with Gasteiger partial charge in [-0.3, -0.25) is 19.3 Å². The molecular formula is C24H28N2O5. The zero-order valence-corrected chi connectivity index (χ0v) is 18.1. The maximum Gasteiger partial charge on any atom is 0.246 e. The Morgan fingerprint density at radius 1 is 1.06 bits per heavy atom. The van der Waals surface area contributed by atoms with Crippen LogP contribution < -0.4 is 9.47 Å². The maximum absolute atomic E-state index is 13.5. The second kappa shape index (κ2) is 7.39. The normalized spacial score (nSPS) is 32.0. The summed E-state index contributed by atoms with van der Waals surface area (Å²) in [6.45, 7) is 2.29. The number of rotatable bonds is 5. The van der Waals surface area contributed by atoms with Crippen LogP contribution in [0.4, 0.5) is 0 Å². The van der Waals surface area contributed by atoms with E-state index in [9.17, 15) is 14.4 Å². The lowest BCUT2D eigenvalue weighted by atomic mass is 9.85. The summed E-state index contributed by atoms with van der Waals surface area (Å²) in [5.74, 6) is 0.541. The van der Waals surface area contributed by atoms with Crippen LogP contribution in [0.1, 0.15) is 37.8 Å². The van der Waals surface area contributed by atoms with Crippen LogP contribution in [-0.4, -0.2) is 54.3 Å². The SMILES string of the molecule is COc1ccc(C2CCCN2C(=O)C(C)N2C(=O)C3C4C=CC(C4)C3C2=O)c(OC)c1. The van der Waals surface area contributed by atoms with Crippen molar-refractivity contribution < 1.29 is 23.9 Å². The molecule has 2 saturated heterocycles. The lowest BCUT2D eigenvalue weighted by Gasteiger charge is -2.32. The number of ether oxygens (including phenoxy) is 2. The van der Waals surface area contributed by atoms with E-state index in [1.54, 1.807) is 26.0 Å². The standard InChI is InChI=1S/C24H28N2O5/c1-13(26-23(28)20-14-6-7-15(11-14)21(20)24(26)29)22(27)25-10-4-5-18(25)17-9-8-16(30-2)12-19(17)31-3/h6-9,12-15,18,20-21H,4-5,10-11H2,1-3H3. The summed E-state index contributed by atoms with van der Waals surface area (Å²) in [4.78, 5) is 42.9. The molecule has 1 aromatic carbocycles. The third-order valence-electron chi connectivity index (χ3n) is 7.58. The van der Waals surface area contributed by atoms with Crippen molar-refractivity contribution in [3.8, 4) is 11.5 Å². The van der Waals surface area contributed by atoms with E-state index in [0.29, 0.717) is 18.0 Å². The molecule has 7 heteroatoms. The number of methoxy groups -OCH3 is 2. The molecule has 0 aromatic heterocycles. The van der Waals surface area contributed by atoms with Crippen molar-refractivity contribution in [1.82, 2.24) is 9.80 Å². The average molecular weight is 424 g/mol. The van der Waals surface area contributed by atoms with Gasteiger partial charge in [0, 0.05) is 18.2 Å². The zero-order chi connectivity index (χ0) is 21.9. The van der Waals surface area contributed by atoms with E-state index in [1.165, 1.54) is 4.90 Å². The van der Waals surface area contributed by atoms with E-state index >= 15 is 0 Å². The Labute approximate surface area is 182 Å². The predicted octanol–water partition coefficient (Wildman–Crippen LogP) is 2.56. The smallest absolute Gasteiger partial charge is 0.246 e. The first-order valence-electron chi connectivity index (χ1n) is 11.0. The van der Waals surface area contributed by atoms with Gasteiger partial charge < -0.3 is 14.4 Å². The third-order valence-corrected chi connectivity index (χ3v) is 7.58. The van der Waals surface area contributed by atoms with Gasteiger partial charge in [0.2, 0.25) is 17.7 Å².